The molecule has 2 rings (SSSR count). The van der Waals surface area contributed by atoms with Crippen molar-refractivity contribution in [2.24, 2.45) is 0 Å². The first kappa shape index (κ1) is 11.1. The van der Waals surface area contributed by atoms with Gasteiger partial charge in [0, 0.05) is 5.69 Å². The van der Waals surface area contributed by atoms with Crippen LogP contribution in [0.4, 0.5) is 10.1 Å². The summed E-state index contributed by atoms with van der Waals surface area (Å²) in [6.07, 6.45) is 1.61. The quantitative estimate of drug-likeness (QED) is 0.881. The number of aromatic nitrogens is 1. The molecule has 86 valence electrons. The lowest BCUT2D eigenvalue weighted by Crippen LogP contribution is -2.00. The van der Waals surface area contributed by atoms with Crippen LogP contribution in [0, 0.1) is 24.1 Å². The second-order valence-corrected chi connectivity index (χ2v) is 3.56. The number of rotatable bonds is 3. The molecule has 0 fully saturated rings. The van der Waals surface area contributed by atoms with E-state index in [-0.39, 0.29) is 5.56 Å². The Bertz CT molecular complexity index is 571. The molecule has 0 amide bonds. The van der Waals surface area contributed by atoms with E-state index >= 15 is 0 Å². The van der Waals surface area contributed by atoms with Crippen molar-refractivity contribution >= 4 is 5.69 Å². The monoisotopic (exact) mass is 231 g/mol. The maximum atomic E-state index is 13.1. The molecule has 5 heteroatoms. The normalized spacial score (nSPS) is 9.94. The van der Waals surface area contributed by atoms with Gasteiger partial charge in [0.1, 0.15) is 11.6 Å². The molecule has 0 unspecified atom stereocenters. The molecule has 17 heavy (non-hydrogen) atoms. The molecule has 1 heterocycles. The molecule has 1 aromatic heterocycles. The van der Waals surface area contributed by atoms with Gasteiger partial charge in [0.25, 0.3) is 0 Å². The van der Waals surface area contributed by atoms with E-state index in [0.717, 1.165) is 5.76 Å². The van der Waals surface area contributed by atoms with Gasteiger partial charge in [-0.25, -0.2) is 9.37 Å². The highest BCUT2D eigenvalue weighted by atomic mass is 19.1. The van der Waals surface area contributed by atoms with E-state index in [4.69, 9.17) is 9.68 Å². The number of nitrogens with zero attached hydrogens (tertiary/aromatic N) is 2. The van der Waals surface area contributed by atoms with Crippen molar-refractivity contribution in [2.75, 3.05) is 5.32 Å². The average Bonchev–Trinajstić information content (AvgIpc) is 2.72. The SMILES string of the molecule is Cc1cnc(CNc2cc(F)cc(C#N)c2)o1. The third-order valence-electron chi connectivity index (χ3n) is 2.14. The van der Waals surface area contributed by atoms with Gasteiger partial charge in [0.2, 0.25) is 5.89 Å². The lowest BCUT2D eigenvalue weighted by molar-refractivity contribution is 0.479. The molecule has 0 bridgehead atoms. The van der Waals surface area contributed by atoms with E-state index in [1.165, 1.54) is 12.1 Å². The van der Waals surface area contributed by atoms with Crippen LogP contribution in [0.15, 0.2) is 28.8 Å². The van der Waals surface area contributed by atoms with E-state index in [1.54, 1.807) is 19.2 Å². The van der Waals surface area contributed by atoms with Crippen molar-refractivity contribution in [1.82, 2.24) is 4.98 Å². The summed E-state index contributed by atoms with van der Waals surface area (Å²) in [5.41, 5.74) is 0.800. The van der Waals surface area contributed by atoms with Crippen LogP contribution in [-0.2, 0) is 6.54 Å². The molecule has 0 aliphatic rings. The number of aryl methyl sites for hydroxylation is 1. The lowest BCUT2D eigenvalue weighted by Gasteiger charge is -2.04. The van der Waals surface area contributed by atoms with Crippen molar-refractivity contribution in [3.05, 3.63) is 47.4 Å². The molecule has 0 aliphatic carbocycles. The molecule has 1 aromatic carbocycles. The standard InChI is InChI=1S/C12H10FN3O/c1-8-6-16-12(17-8)7-15-11-3-9(5-14)2-10(13)4-11/h2-4,6,15H,7H2,1H3. The molecule has 0 spiro atoms. The first-order chi connectivity index (χ1) is 8.17. The minimum Gasteiger partial charge on any atom is -0.444 e. The van der Waals surface area contributed by atoms with Gasteiger partial charge < -0.3 is 9.73 Å². The van der Waals surface area contributed by atoms with Gasteiger partial charge in [0.15, 0.2) is 0 Å². The zero-order valence-electron chi connectivity index (χ0n) is 9.20. The number of benzene rings is 1. The number of halogens is 1. The summed E-state index contributed by atoms with van der Waals surface area (Å²) in [5, 5.41) is 11.6. The first-order valence-electron chi connectivity index (χ1n) is 5.03. The Kier molecular flexibility index (Phi) is 3.06. The zero-order chi connectivity index (χ0) is 12.3. The Hall–Kier alpha value is -2.35. The summed E-state index contributed by atoms with van der Waals surface area (Å²) in [4.78, 5) is 4.01. The van der Waals surface area contributed by atoms with Gasteiger partial charge >= 0.3 is 0 Å². The smallest absolute Gasteiger partial charge is 0.213 e. The van der Waals surface area contributed by atoms with Crippen molar-refractivity contribution in [2.45, 2.75) is 13.5 Å². The number of anilines is 1. The van der Waals surface area contributed by atoms with Gasteiger partial charge in [-0.2, -0.15) is 5.26 Å². The van der Waals surface area contributed by atoms with Crippen LogP contribution in [0.5, 0.6) is 0 Å². The molecule has 0 atom stereocenters. The Morgan fingerprint density at radius 3 is 2.94 bits per heavy atom. The molecular formula is C12H10FN3O. The van der Waals surface area contributed by atoms with E-state index in [9.17, 15) is 4.39 Å². The number of hydrogen-bond acceptors (Lipinski definition) is 4. The number of hydrogen-bond donors (Lipinski definition) is 1. The molecule has 1 N–H and O–H groups in total. The molecule has 0 radical (unpaired) electrons. The van der Waals surface area contributed by atoms with Gasteiger partial charge in [-0.3, -0.25) is 0 Å². The highest BCUT2D eigenvalue weighted by Crippen LogP contribution is 2.14. The summed E-state index contributed by atoms with van der Waals surface area (Å²) in [7, 11) is 0. The fraction of sp³-hybridized carbons (Fsp3) is 0.167. The maximum absolute atomic E-state index is 13.1. The third kappa shape index (κ3) is 2.82. The fourth-order valence-electron chi connectivity index (χ4n) is 1.42. The van der Waals surface area contributed by atoms with Gasteiger partial charge in [-0.1, -0.05) is 0 Å². The number of oxazole rings is 1. The Balaban J connectivity index is 2.09. The Morgan fingerprint density at radius 2 is 2.29 bits per heavy atom. The predicted molar refractivity (Wildman–Crippen MR) is 59.7 cm³/mol. The number of nitriles is 1. The van der Waals surface area contributed by atoms with Crippen molar-refractivity contribution in [3.8, 4) is 6.07 Å². The fourth-order valence-corrected chi connectivity index (χ4v) is 1.42. The average molecular weight is 231 g/mol. The van der Waals surface area contributed by atoms with E-state index < -0.39 is 5.82 Å². The highest BCUT2D eigenvalue weighted by molar-refractivity contribution is 5.49. The Labute approximate surface area is 97.7 Å². The molecule has 0 aliphatic heterocycles. The second-order valence-electron chi connectivity index (χ2n) is 3.56. The van der Waals surface area contributed by atoms with Gasteiger partial charge in [-0.15, -0.1) is 0 Å². The highest BCUT2D eigenvalue weighted by Gasteiger charge is 2.03. The van der Waals surface area contributed by atoms with E-state index in [1.807, 2.05) is 6.07 Å². The van der Waals surface area contributed by atoms with E-state index in [0.29, 0.717) is 18.1 Å². The minimum atomic E-state index is -0.449. The van der Waals surface area contributed by atoms with Crippen LogP contribution in [0.1, 0.15) is 17.2 Å². The van der Waals surface area contributed by atoms with Gasteiger partial charge in [-0.05, 0) is 25.1 Å². The summed E-state index contributed by atoms with van der Waals surface area (Å²) in [6.45, 7) is 2.15. The minimum absolute atomic E-state index is 0.274. The van der Waals surface area contributed by atoms with Crippen LogP contribution >= 0.6 is 0 Å². The topological polar surface area (TPSA) is 61.9 Å². The molecule has 4 nitrogen and oxygen atoms in total. The van der Waals surface area contributed by atoms with Crippen molar-refractivity contribution < 1.29 is 8.81 Å². The zero-order valence-corrected chi connectivity index (χ0v) is 9.20. The summed E-state index contributed by atoms with van der Waals surface area (Å²) in [6, 6.07) is 5.96. The third-order valence-corrected chi connectivity index (χ3v) is 2.14. The number of nitrogens with one attached hydrogen (secondary N) is 1. The van der Waals surface area contributed by atoms with Crippen molar-refractivity contribution in [1.29, 1.82) is 5.26 Å². The second kappa shape index (κ2) is 4.66. The Morgan fingerprint density at radius 1 is 1.47 bits per heavy atom. The van der Waals surface area contributed by atoms with Gasteiger partial charge in [0.05, 0.1) is 24.4 Å². The van der Waals surface area contributed by atoms with Crippen LogP contribution in [0.2, 0.25) is 0 Å². The lowest BCUT2D eigenvalue weighted by atomic mass is 10.2. The summed E-state index contributed by atoms with van der Waals surface area (Å²) >= 11 is 0. The summed E-state index contributed by atoms with van der Waals surface area (Å²) in [5.74, 6) is 0.791. The van der Waals surface area contributed by atoms with Crippen LogP contribution in [-0.4, -0.2) is 4.98 Å². The van der Waals surface area contributed by atoms with Crippen LogP contribution in [0.3, 0.4) is 0 Å². The van der Waals surface area contributed by atoms with E-state index in [2.05, 4.69) is 10.3 Å². The summed E-state index contributed by atoms with van der Waals surface area (Å²) < 4.78 is 18.4. The molecule has 0 saturated heterocycles. The van der Waals surface area contributed by atoms with Crippen molar-refractivity contribution in [3.63, 3.8) is 0 Å². The van der Waals surface area contributed by atoms with Crippen LogP contribution in [0.25, 0.3) is 0 Å². The molecular weight excluding hydrogens is 221 g/mol. The molecule has 0 saturated carbocycles. The largest absolute Gasteiger partial charge is 0.444 e. The maximum Gasteiger partial charge on any atom is 0.213 e. The molecule has 2 aromatic rings. The first-order valence-corrected chi connectivity index (χ1v) is 5.03. The predicted octanol–water partition coefficient (Wildman–Crippen LogP) is 2.61. The van der Waals surface area contributed by atoms with Crippen LogP contribution < -0.4 is 5.32 Å².